The molecule has 3 heterocycles. The number of hydrogen-bond acceptors (Lipinski definition) is 4. The predicted octanol–water partition coefficient (Wildman–Crippen LogP) is 5.35. The van der Waals surface area contributed by atoms with Crippen LogP contribution in [-0.2, 0) is 10.3 Å². The number of imidazole rings is 1. The molecule has 4 aromatic rings. The number of fused-ring (bicyclic) bond motifs is 3. The Morgan fingerprint density at radius 2 is 1.73 bits per heavy atom. The standard InChI is InChI=1S/C25H21N3O2/c29-24-19-8-4-5-9-20(19)25(30-24)12-10-17(11-13-25)22-27-21-14-18(15-26-23(21)28-22)16-6-2-1-3-7-16/h1-9,14-15,17H,10-13H2,(H,26,27,28). The molecule has 1 aliphatic carbocycles. The van der Waals surface area contributed by atoms with Crippen molar-refractivity contribution in [2.24, 2.45) is 0 Å². The number of esters is 1. The van der Waals surface area contributed by atoms with E-state index in [-0.39, 0.29) is 5.97 Å². The minimum atomic E-state index is -0.463. The van der Waals surface area contributed by atoms with Gasteiger partial charge >= 0.3 is 5.97 Å². The van der Waals surface area contributed by atoms with Gasteiger partial charge in [-0.15, -0.1) is 0 Å². The van der Waals surface area contributed by atoms with Crippen LogP contribution in [0.4, 0.5) is 0 Å². The molecule has 6 rings (SSSR count). The van der Waals surface area contributed by atoms with Gasteiger partial charge in [0, 0.05) is 23.2 Å². The number of rotatable bonds is 2. The second kappa shape index (κ2) is 6.52. The summed E-state index contributed by atoms with van der Waals surface area (Å²) in [4.78, 5) is 25.2. The predicted molar refractivity (Wildman–Crippen MR) is 114 cm³/mol. The van der Waals surface area contributed by atoms with Crippen LogP contribution in [0.1, 0.15) is 53.3 Å². The Hall–Kier alpha value is -3.47. The SMILES string of the molecule is O=C1OC2(CCC(c3nc4ncc(-c5ccccc5)cc4[nH]3)CC2)c2ccccc21. The average Bonchev–Trinajstić information content (AvgIpc) is 3.34. The molecule has 30 heavy (non-hydrogen) atoms. The van der Waals surface area contributed by atoms with Gasteiger partial charge in [0.2, 0.25) is 0 Å². The van der Waals surface area contributed by atoms with E-state index in [2.05, 4.69) is 28.2 Å². The minimum Gasteiger partial charge on any atom is -0.451 e. The Morgan fingerprint density at radius 3 is 2.57 bits per heavy atom. The van der Waals surface area contributed by atoms with Crippen molar-refractivity contribution >= 4 is 17.1 Å². The highest BCUT2D eigenvalue weighted by Gasteiger charge is 2.47. The summed E-state index contributed by atoms with van der Waals surface area (Å²) in [7, 11) is 0. The Balaban J connectivity index is 1.26. The first kappa shape index (κ1) is 17.4. The number of H-pyrrole nitrogens is 1. The molecule has 1 aliphatic heterocycles. The van der Waals surface area contributed by atoms with Crippen LogP contribution in [0.25, 0.3) is 22.3 Å². The average molecular weight is 395 g/mol. The first-order valence-electron chi connectivity index (χ1n) is 10.5. The van der Waals surface area contributed by atoms with Crippen LogP contribution in [0.5, 0.6) is 0 Å². The highest BCUT2D eigenvalue weighted by atomic mass is 16.6. The molecule has 0 unspecified atom stereocenters. The van der Waals surface area contributed by atoms with Crippen LogP contribution in [0, 0.1) is 0 Å². The van der Waals surface area contributed by atoms with Crippen LogP contribution in [0.15, 0.2) is 66.9 Å². The molecule has 148 valence electrons. The summed E-state index contributed by atoms with van der Waals surface area (Å²) >= 11 is 0. The lowest BCUT2D eigenvalue weighted by atomic mass is 9.75. The lowest BCUT2D eigenvalue weighted by molar-refractivity contribution is -0.0312. The number of ether oxygens (including phenoxy) is 1. The molecule has 1 spiro atoms. The summed E-state index contributed by atoms with van der Waals surface area (Å²) in [6.45, 7) is 0. The van der Waals surface area contributed by atoms with Crippen molar-refractivity contribution in [3.8, 4) is 11.1 Å². The number of hydrogen-bond donors (Lipinski definition) is 1. The first-order valence-corrected chi connectivity index (χ1v) is 10.5. The molecule has 2 aromatic carbocycles. The largest absolute Gasteiger partial charge is 0.451 e. The lowest BCUT2D eigenvalue weighted by Crippen LogP contribution is -2.31. The van der Waals surface area contributed by atoms with Crippen LogP contribution in [0.2, 0.25) is 0 Å². The fourth-order valence-corrected chi connectivity index (χ4v) is 4.98. The molecule has 5 heteroatoms. The van der Waals surface area contributed by atoms with Gasteiger partial charge in [-0.3, -0.25) is 0 Å². The molecule has 0 saturated heterocycles. The van der Waals surface area contributed by atoms with Gasteiger partial charge in [0.1, 0.15) is 11.4 Å². The smallest absolute Gasteiger partial charge is 0.339 e. The third-order valence-corrected chi connectivity index (χ3v) is 6.57. The van der Waals surface area contributed by atoms with Gasteiger partial charge in [-0.2, -0.15) is 0 Å². The Bertz CT molecular complexity index is 1250. The van der Waals surface area contributed by atoms with E-state index < -0.39 is 5.60 Å². The maximum Gasteiger partial charge on any atom is 0.339 e. The monoisotopic (exact) mass is 395 g/mol. The molecule has 2 aliphatic rings. The van der Waals surface area contributed by atoms with Crippen molar-refractivity contribution in [1.29, 1.82) is 0 Å². The van der Waals surface area contributed by atoms with E-state index in [1.807, 2.05) is 48.7 Å². The number of pyridine rings is 1. The highest BCUT2D eigenvalue weighted by molar-refractivity contribution is 5.94. The summed E-state index contributed by atoms with van der Waals surface area (Å²) in [5, 5.41) is 0. The summed E-state index contributed by atoms with van der Waals surface area (Å²) in [5.74, 6) is 1.11. The van der Waals surface area contributed by atoms with E-state index in [1.54, 1.807) is 0 Å². The molecule has 1 saturated carbocycles. The third kappa shape index (κ3) is 2.65. The molecule has 2 aromatic heterocycles. The number of nitrogens with zero attached hydrogens (tertiary/aromatic N) is 2. The van der Waals surface area contributed by atoms with Gasteiger partial charge in [-0.05, 0) is 43.4 Å². The molecule has 0 amide bonds. The summed E-state index contributed by atoms with van der Waals surface area (Å²) in [6, 6.07) is 20.2. The number of benzene rings is 2. The normalized spacial score (nSPS) is 22.9. The third-order valence-electron chi connectivity index (χ3n) is 6.57. The van der Waals surface area contributed by atoms with Crippen molar-refractivity contribution < 1.29 is 9.53 Å². The topological polar surface area (TPSA) is 67.9 Å². The van der Waals surface area contributed by atoms with Gasteiger partial charge in [0.05, 0.1) is 11.1 Å². The summed E-state index contributed by atoms with van der Waals surface area (Å²) in [5.41, 5.74) is 5.24. The first-order chi connectivity index (χ1) is 14.7. The molecular formula is C25H21N3O2. The summed E-state index contributed by atoms with van der Waals surface area (Å²) in [6.07, 6.45) is 5.37. The van der Waals surface area contributed by atoms with Gasteiger partial charge < -0.3 is 9.72 Å². The van der Waals surface area contributed by atoms with E-state index in [9.17, 15) is 4.79 Å². The minimum absolute atomic E-state index is 0.189. The molecule has 0 atom stereocenters. The van der Waals surface area contributed by atoms with E-state index in [4.69, 9.17) is 9.72 Å². The van der Waals surface area contributed by atoms with Crippen LogP contribution in [-0.4, -0.2) is 20.9 Å². The quantitative estimate of drug-likeness (QED) is 0.465. The molecule has 1 fully saturated rings. The maximum absolute atomic E-state index is 12.3. The zero-order chi connectivity index (χ0) is 20.1. The van der Waals surface area contributed by atoms with Crippen molar-refractivity contribution in [2.45, 2.75) is 37.2 Å². The zero-order valence-electron chi connectivity index (χ0n) is 16.5. The molecular weight excluding hydrogens is 374 g/mol. The van der Waals surface area contributed by atoms with Crippen molar-refractivity contribution in [1.82, 2.24) is 15.0 Å². The van der Waals surface area contributed by atoms with Crippen LogP contribution in [0.3, 0.4) is 0 Å². The fraction of sp³-hybridized carbons (Fsp3) is 0.240. The number of nitrogens with one attached hydrogen (secondary N) is 1. The van der Waals surface area contributed by atoms with Crippen molar-refractivity contribution in [2.75, 3.05) is 0 Å². The zero-order valence-corrected chi connectivity index (χ0v) is 16.5. The molecule has 5 nitrogen and oxygen atoms in total. The number of carbonyl (C=O) groups is 1. The van der Waals surface area contributed by atoms with Crippen molar-refractivity contribution in [3.05, 3.63) is 83.8 Å². The Morgan fingerprint density at radius 1 is 0.967 bits per heavy atom. The van der Waals surface area contributed by atoms with E-state index >= 15 is 0 Å². The number of aromatic nitrogens is 3. The van der Waals surface area contributed by atoms with E-state index in [0.717, 1.165) is 64.9 Å². The van der Waals surface area contributed by atoms with Crippen LogP contribution < -0.4 is 0 Å². The number of carbonyl (C=O) groups excluding carboxylic acids is 1. The summed E-state index contributed by atoms with van der Waals surface area (Å²) < 4.78 is 5.89. The van der Waals surface area contributed by atoms with Gasteiger partial charge in [-0.1, -0.05) is 48.5 Å². The molecule has 0 bridgehead atoms. The van der Waals surface area contributed by atoms with Crippen molar-refractivity contribution in [3.63, 3.8) is 0 Å². The second-order valence-electron chi connectivity index (χ2n) is 8.29. The van der Waals surface area contributed by atoms with Crippen LogP contribution >= 0.6 is 0 Å². The van der Waals surface area contributed by atoms with Gasteiger partial charge in [0.15, 0.2) is 5.65 Å². The molecule has 1 N–H and O–H groups in total. The number of aromatic amines is 1. The fourth-order valence-electron chi connectivity index (χ4n) is 4.98. The Kier molecular flexibility index (Phi) is 3.78. The second-order valence-corrected chi connectivity index (χ2v) is 8.29. The van der Waals surface area contributed by atoms with Gasteiger partial charge in [-0.25, -0.2) is 14.8 Å². The van der Waals surface area contributed by atoms with Gasteiger partial charge in [0.25, 0.3) is 0 Å². The van der Waals surface area contributed by atoms with E-state index in [1.165, 1.54) is 0 Å². The maximum atomic E-state index is 12.3. The Labute approximate surface area is 174 Å². The highest BCUT2D eigenvalue weighted by Crippen LogP contribution is 2.49. The lowest BCUT2D eigenvalue weighted by Gasteiger charge is -2.35. The van der Waals surface area contributed by atoms with E-state index in [0.29, 0.717) is 5.92 Å². The molecule has 0 radical (unpaired) electrons.